The van der Waals surface area contributed by atoms with Gasteiger partial charge < -0.3 is 19.4 Å². The van der Waals surface area contributed by atoms with Crippen molar-refractivity contribution >= 4 is 28.1 Å². The molecule has 0 fully saturated rings. The number of rotatable bonds is 9. The highest BCUT2D eigenvalue weighted by Crippen LogP contribution is 2.34. The topological polar surface area (TPSA) is 84.2 Å². The Balaban J connectivity index is 3.06. The van der Waals surface area contributed by atoms with Gasteiger partial charge in [0.1, 0.15) is 27.5 Å². The maximum absolute atomic E-state index is 13.0. The Labute approximate surface area is 230 Å². The molecule has 206 valence electrons. The first-order chi connectivity index (χ1) is 17.8. The van der Waals surface area contributed by atoms with Crippen molar-refractivity contribution in [3.8, 4) is 34.3 Å². The van der Waals surface area contributed by atoms with E-state index in [-0.39, 0.29) is 13.2 Å². The predicted molar refractivity (Wildman–Crippen MR) is 161 cm³/mol. The van der Waals surface area contributed by atoms with E-state index in [4.69, 9.17) is 9.47 Å². The summed E-state index contributed by atoms with van der Waals surface area (Å²) >= 11 is 0. The fraction of sp³-hybridized carbons (Fsp3) is 0.533. The fourth-order valence-electron chi connectivity index (χ4n) is 3.98. The molecule has 2 heterocycles. The van der Waals surface area contributed by atoms with Crippen molar-refractivity contribution in [2.24, 2.45) is 0 Å². The third kappa shape index (κ3) is 8.02. The number of hydrogen-bond acceptors (Lipinski definition) is 4. The maximum atomic E-state index is 13.0. The summed E-state index contributed by atoms with van der Waals surface area (Å²) in [7, 11) is -3.48. The monoisotopic (exact) mass is 552 g/mol. The van der Waals surface area contributed by atoms with E-state index in [1.807, 2.05) is 0 Å². The first-order valence-electron chi connectivity index (χ1n) is 13.7. The smallest absolute Gasteiger partial charge is 0.355 e. The van der Waals surface area contributed by atoms with Crippen molar-refractivity contribution in [3.63, 3.8) is 0 Å². The molecule has 2 aromatic heterocycles. The Morgan fingerprint density at radius 3 is 1.26 bits per heavy atom. The van der Waals surface area contributed by atoms with Crippen molar-refractivity contribution in [1.29, 1.82) is 0 Å². The van der Waals surface area contributed by atoms with Crippen LogP contribution < -0.4 is 0 Å². The third-order valence-electron chi connectivity index (χ3n) is 5.54. The molecule has 0 amide bonds. The van der Waals surface area contributed by atoms with Gasteiger partial charge in [-0.25, -0.2) is 9.59 Å². The zero-order valence-corrected chi connectivity index (χ0v) is 26.9. The van der Waals surface area contributed by atoms with Crippen LogP contribution in [-0.4, -0.2) is 51.3 Å². The molecule has 6 nitrogen and oxygen atoms in total. The molecule has 0 saturated carbocycles. The summed E-state index contributed by atoms with van der Waals surface area (Å²) in [6, 6.07) is 0. The van der Waals surface area contributed by atoms with Gasteiger partial charge in [0.25, 0.3) is 0 Å². The van der Waals surface area contributed by atoms with Gasteiger partial charge in [-0.1, -0.05) is 77.8 Å². The summed E-state index contributed by atoms with van der Waals surface area (Å²) in [4.78, 5) is 32.8. The molecule has 0 radical (unpaired) electrons. The zero-order chi connectivity index (χ0) is 28.7. The molecule has 0 spiro atoms. The summed E-state index contributed by atoms with van der Waals surface area (Å²) in [5.74, 6) is 6.06. The highest BCUT2D eigenvalue weighted by atomic mass is 28.3. The number of carbonyl (C=O) groups is 2. The number of esters is 2. The average molecular weight is 553 g/mol. The van der Waals surface area contributed by atoms with Crippen LogP contribution in [0, 0.1) is 22.9 Å². The van der Waals surface area contributed by atoms with Crippen molar-refractivity contribution < 1.29 is 19.1 Å². The Morgan fingerprint density at radius 2 is 1.00 bits per heavy atom. The standard InChI is InChI=1S/C30H44N2O4Si2/c1-11-15-21-23(17-19-37(5,6)7)25(31-27(21)29(33)35-13-3)26-24(18-20-38(8,9)10)22(16-12-2)28(32-26)30(34)36-14-4/h31-32H,11-16H2,1-10H3. The van der Waals surface area contributed by atoms with Crippen molar-refractivity contribution in [2.45, 2.75) is 92.7 Å². The van der Waals surface area contributed by atoms with E-state index in [1.165, 1.54) is 0 Å². The number of carbonyl (C=O) groups excluding carboxylic acids is 2. The second kappa shape index (κ2) is 13.2. The Hall–Kier alpha value is -2.95. The Morgan fingerprint density at radius 1 is 0.658 bits per heavy atom. The lowest BCUT2D eigenvalue weighted by atomic mass is 9.99. The summed E-state index contributed by atoms with van der Waals surface area (Å²) in [6.07, 6.45) is 3.02. The number of aromatic amines is 2. The van der Waals surface area contributed by atoms with Gasteiger partial charge in [0.05, 0.1) is 35.7 Å². The number of ether oxygens (including phenoxy) is 2. The maximum Gasteiger partial charge on any atom is 0.355 e. The van der Waals surface area contributed by atoms with E-state index in [0.29, 0.717) is 35.6 Å². The zero-order valence-electron chi connectivity index (χ0n) is 24.9. The van der Waals surface area contributed by atoms with Gasteiger partial charge in [0.2, 0.25) is 0 Å². The highest BCUT2D eigenvalue weighted by molar-refractivity contribution is 6.84. The van der Waals surface area contributed by atoms with Gasteiger partial charge in [-0.3, -0.25) is 0 Å². The van der Waals surface area contributed by atoms with Crippen molar-refractivity contribution in [3.05, 3.63) is 33.6 Å². The molecule has 0 aliphatic rings. The van der Waals surface area contributed by atoms with Crippen LogP contribution in [0.4, 0.5) is 0 Å². The molecule has 2 N–H and O–H groups in total. The van der Waals surface area contributed by atoms with Crippen molar-refractivity contribution in [1.82, 2.24) is 9.97 Å². The van der Waals surface area contributed by atoms with Gasteiger partial charge >= 0.3 is 11.9 Å². The predicted octanol–water partition coefficient (Wildman–Crippen LogP) is 6.73. The molecule has 38 heavy (non-hydrogen) atoms. The molecular weight excluding hydrogens is 509 g/mol. The van der Waals surface area contributed by atoms with Gasteiger partial charge in [0.15, 0.2) is 0 Å². The van der Waals surface area contributed by atoms with E-state index < -0.39 is 28.1 Å². The minimum atomic E-state index is -1.74. The Kier molecular flexibility index (Phi) is 10.9. The molecule has 0 saturated heterocycles. The fourth-order valence-corrected chi connectivity index (χ4v) is 4.98. The lowest BCUT2D eigenvalue weighted by Gasteiger charge is -2.07. The quantitative estimate of drug-likeness (QED) is 0.205. The first-order valence-corrected chi connectivity index (χ1v) is 20.7. The van der Waals surface area contributed by atoms with E-state index in [9.17, 15) is 9.59 Å². The number of hydrogen-bond donors (Lipinski definition) is 2. The van der Waals surface area contributed by atoms with Gasteiger partial charge in [-0.2, -0.15) is 0 Å². The lowest BCUT2D eigenvalue weighted by Crippen LogP contribution is -2.16. The summed E-state index contributed by atoms with van der Waals surface area (Å²) in [5.41, 5.74) is 12.4. The minimum absolute atomic E-state index is 0.276. The van der Waals surface area contributed by atoms with E-state index in [0.717, 1.165) is 35.1 Å². The molecule has 2 rings (SSSR count). The molecule has 0 aliphatic heterocycles. The normalized spacial score (nSPS) is 11.3. The minimum Gasteiger partial charge on any atom is -0.461 e. The molecule has 0 atom stereocenters. The largest absolute Gasteiger partial charge is 0.461 e. The van der Waals surface area contributed by atoms with E-state index >= 15 is 0 Å². The van der Waals surface area contributed by atoms with Crippen LogP contribution in [0.25, 0.3) is 11.4 Å². The van der Waals surface area contributed by atoms with Crippen LogP contribution in [0.2, 0.25) is 39.3 Å². The highest BCUT2D eigenvalue weighted by Gasteiger charge is 2.29. The SMILES string of the molecule is CCCc1c(C(=O)OCC)[nH]c(-c2[nH]c(C(=O)OCC)c(CCC)c2C#C[Si](C)(C)C)c1C#C[Si](C)(C)C. The third-order valence-corrected chi connectivity index (χ3v) is 7.29. The van der Waals surface area contributed by atoms with Crippen LogP contribution >= 0.6 is 0 Å². The molecule has 8 heteroatoms. The first kappa shape index (κ1) is 31.3. The molecule has 0 bridgehead atoms. The lowest BCUT2D eigenvalue weighted by molar-refractivity contribution is 0.0509. The summed E-state index contributed by atoms with van der Waals surface area (Å²) < 4.78 is 10.8. The van der Waals surface area contributed by atoms with E-state index in [2.05, 4.69) is 86.0 Å². The second-order valence-electron chi connectivity index (χ2n) is 11.4. The van der Waals surface area contributed by atoms with Crippen LogP contribution in [0.5, 0.6) is 0 Å². The van der Waals surface area contributed by atoms with Crippen LogP contribution in [0.15, 0.2) is 0 Å². The van der Waals surface area contributed by atoms with Crippen molar-refractivity contribution in [2.75, 3.05) is 13.2 Å². The second-order valence-corrected chi connectivity index (χ2v) is 20.9. The van der Waals surface area contributed by atoms with E-state index in [1.54, 1.807) is 13.8 Å². The molecule has 0 unspecified atom stereocenters. The van der Waals surface area contributed by atoms with Gasteiger partial charge in [-0.05, 0) is 26.7 Å². The van der Waals surface area contributed by atoms with Crippen LogP contribution in [0.1, 0.15) is 83.8 Å². The number of aromatic nitrogens is 2. The van der Waals surface area contributed by atoms with Gasteiger partial charge in [0, 0.05) is 11.1 Å². The molecule has 0 aliphatic carbocycles. The summed E-state index contributed by atoms with van der Waals surface area (Å²) in [6.45, 7) is 21.4. The molecular formula is C30H44N2O4Si2. The number of nitrogens with one attached hydrogen (secondary N) is 2. The van der Waals surface area contributed by atoms with Crippen LogP contribution in [0.3, 0.4) is 0 Å². The summed E-state index contributed by atoms with van der Waals surface area (Å²) in [5, 5.41) is 0. The molecule has 2 aromatic rings. The number of H-pyrrole nitrogens is 2. The average Bonchev–Trinajstić information content (AvgIpc) is 3.34. The van der Waals surface area contributed by atoms with Crippen LogP contribution in [-0.2, 0) is 22.3 Å². The Bertz CT molecular complexity index is 1180. The molecule has 0 aromatic carbocycles. The van der Waals surface area contributed by atoms with Gasteiger partial charge in [-0.15, -0.1) is 11.1 Å².